The van der Waals surface area contributed by atoms with E-state index in [-0.39, 0.29) is 35.8 Å². The number of nitrogens with zero attached hydrogens (tertiary/aromatic N) is 2. The number of halogens is 1. The van der Waals surface area contributed by atoms with E-state index in [1.165, 1.54) is 16.7 Å². The van der Waals surface area contributed by atoms with E-state index in [0.717, 1.165) is 44.2 Å². The Morgan fingerprint density at radius 3 is 2.72 bits per heavy atom. The van der Waals surface area contributed by atoms with Gasteiger partial charge in [-0.25, -0.2) is 0 Å². The third-order valence-corrected chi connectivity index (χ3v) is 6.26. The number of hydrogen-bond acceptors (Lipinski definition) is 3. The zero-order chi connectivity index (χ0) is 21.6. The number of guanidine groups is 1. The van der Waals surface area contributed by atoms with Gasteiger partial charge in [0.2, 0.25) is 5.91 Å². The van der Waals surface area contributed by atoms with Crippen LogP contribution in [0.5, 0.6) is 0 Å². The maximum atomic E-state index is 12.1. The number of carbonyl (C=O) groups excluding carboxylic acids is 1. The fourth-order valence-corrected chi connectivity index (χ4v) is 4.48. The lowest BCUT2D eigenvalue weighted by molar-refractivity contribution is -0.116. The molecule has 0 aliphatic carbocycles. The van der Waals surface area contributed by atoms with Crippen LogP contribution in [0.15, 0.2) is 53.5 Å². The minimum Gasteiger partial charge on any atom is -0.357 e. The summed E-state index contributed by atoms with van der Waals surface area (Å²) < 4.78 is 0. The highest BCUT2D eigenvalue weighted by Gasteiger charge is 2.25. The van der Waals surface area contributed by atoms with Crippen molar-refractivity contribution >= 4 is 41.5 Å². The number of hydrogen-bond donors (Lipinski definition) is 3. The predicted molar refractivity (Wildman–Crippen MR) is 142 cm³/mol. The molecular formula is C25H34IN5O. The first-order valence-electron chi connectivity index (χ1n) is 11.4. The molecule has 2 atom stereocenters. The SMILES string of the molecule is CCNC(=NCC(C)N1CCc2ccccc2C1)NCC1CC(=O)Nc2ccccc21.I. The second-order valence-electron chi connectivity index (χ2n) is 8.48. The lowest BCUT2D eigenvalue weighted by atomic mass is 9.90. The first kappa shape index (κ1) is 24.5. The molecule has 4 rings (SSSR count). The van der Waals surface area contributed by atoms with Crippen molar-refractivity contribution in [3.8, 4) is 0 Å². The zero-order valence-corrected chi connectivity index (χ0v) is 21.3. The number of anilines is 1. The van der Waals surface area contributed by atoms with Gasteiger partial charge in [0.1, 0.15) is 0 Å². The molecular weight excluding hydrogens is 513 g/mol. The van der Waals surface area contributed by atoms with Crippen molar-refractivity contribution < 1.29 is 4.79 Å². The Hall–Kier alpha value is -2.13. The number of para-hydroxylation sites is 1. The number of amides is 1. The third-order valence-electron chi connectivity index (χ3n) is 6.26. The quantitative estimate of drug-likeness (QED) is 0.293. The fourth-order valence-electron chi connectivity index (χ4n) is 4.48. The molecule has 3 N–H and O–H groups in total. The average molecular weight is 547 g/mol. The van der Waals surface area contributed by atoms with Gasteiger partial charge in [-0.05, 0) is 43.0 Å². The summed E-state index contributed by atoms with van der Waals surface area (Å²) in [7, 11) is 0. The normalized spacial score (nSPS) is 19.1. The molecule has 1 amide bonds. The molecule has 0 radical (unpaired) electrons. The molecule has 2 heterocycles. The summed E-state index contributed by atoms with van der Waals surface area (Å²) in [6.07, 6.45) is 1.60. The summed E-state index contributed by atoms with van der Waals surface area (Å²) in [5, 5.41) is 9.79. The number of fused-ring (bicyclic) bond motifs is 2. The molecule has 172 valence electrons. The van der Waals surface area contributed by atoms with Crippen LogP contribution in [0.4, 0.5) is 5.69 Å². The fraction of sp³-hybridized carbons (Fsp3) is 0.440. The molecule has 0 spiro atoms. The number of carbonyl (C=O) groups is 1. The maximum Gasteiger partial charge on any atom is 0.225 e. The van der Waals surface area contributed by atoms with Gasteiger partial charge in [-0.1, -0.05) is 42.5 Å². The minimum absolute atomic E-state index is 0. The monoisotopic (exact) mass is 547 g/mol. The van der Waals surface area contributed by atoms with E-state index in [2.05, 4.69) is 65.0 Å². The van der Waals surface area contributed by atoms with Gasteiger partial charge in [0.05, 0.1) is 6.54 Å². The molecule has 0 saturated heterocycles. The highest BCUT2D eigenvalue weighted by atomic mass is 127. The summed E-state index contributed by atoms with van der Waals surface area (Å²) in [5.74, 6) is 1.03. The van der Waals surface area contributed by atoms with Gasteiger partial charge >= 0.3 is 0 Å². The molecule has 6 nitrogen and oxygen atoms in total. The topological polar surface area (TPSA) is 68.8 Å². The van der Waals surface area contributed by atoms with Gasteiger partial charge in [0.15, 0.2) is 5.96 Å². The van der Waals surface area contributed by atoms with Crippen molar-refractivity contribution in [2.75, 3.05) is 31.5 Å². The largest absolute Gasteiger partial charge is 0.357 e. The summed E-state index contributed by atoms with van der Waals surface area (Å²) in [4.78, 5) is 19.5. The zero-order valence-electron chi connectivity index (χ0n) is 18.9. The van der Waals surface area contributed by atoms with Crippen LogP contribution in [0.2, 0.25) is 0 Å². The van der Waals surface area contributed by atoms with Crippen molar-refractivity contribution in [3.05, 3.63) is 65.2 Å². The van der Waals surface area contributed by atoms with Crippen molar-refractivity contribution in [3.63, 3.8) is 0 Å². The number of aliphatic imine (C=N–C) groups is 1. The van der Waals surface area contributed by atoms with Crippen molar-refractivity contribution in [2.45, 2.75) is 45.2 Å². The van der Waals surface area contributed by atoms with E-state index in [1.54, 1.807) is 0 Å². The van der Waals surface area contributed by atoms with Crippen molar-refractivity contribution in [1.82, 2.24) is 15.5 Å². The Labute approximate surface area is 208 Å². The van der Waals surface area contributed by atoms with E-state index >= 15 is 0 Å². The van der Waals surface area contributed by atoms with Crippen LogP contribution in [0, 0.1) is 0 Å². The van der Waals surface area contributed by atoms with Gasteiger partial charge in [0.25, 0.3) is 0 Å². The van der Waals surface area contributed by atoms with Crippen LogP contribution in [-0.2, 0) is 17.8 Å². The van der Waals surface area contributed by atoms with Crippen LogP contribution >= 0.6 is 24.0 Å². The summed E-state index contributed by atoms with van der Waals surface area (Å²) in [6, 6.07) is 17.2. The molecule has 32 heavy (non-hydrogen) atoms. The molecule has 0 aromatic heterocycles. The minimum atomic E-state index is 0. The maximum absolute atomic E-state index is 12.1. The number of nitrogens with one attached hydrogen (secondary N) is 3. The lowest BCUT2D eigenvalue weighted by Gasteiger charge is -2.33. The van der Waals surface area contributed by atoms with Crippen molar-refractivity contribution in [2.24, 2.45) is 4.99 Å². The van der Waals surface area contributed by atoms with Gasteiger partial charge in [0, 0.05) is 50.2 Å². The summed E-state index contributed by atoms with van der Waals surface area (Å²) in [6.45, 7) is 8.62. The van der Waals surface area contributed by atoms with E-state index in [4.69, 9.17) is 4.99 Å². The van der Waals surface area contributed by atoms with Gasteiger partial charge in [-0.15, -0.1) is 24.0 Å². The smallest absolute Gasteiger partial charge is 0.225 e. The summed E-state index contributed by atoms with van der Waals surface area (Å²) >= 11 is 0. The first-order valence-corrected chi connectivity index (χ1v) is 11.4. The number of rotatable bonds is 6. The summed E-state index contributed by atoms with van der Waals surface area (Å²) in [5.41, 5.74) is 5.02. The van der Waals surface area contributed by atoms with Crippen molar-refractivity contribution in [1.29, 1.82) is 0 Å². The van der Waals surface area contributed by atoms with E-state index in [0.29, 0.717) is 19.0 Å². The molecule has 2 aromatic carbocycles. The second-order valence-corrected chi connectivity index (χ2v) is 8.48. The molecule has 7 heteroatoms. The molecule has 2 aliphatic rings. The van der Waals surface area contributed by atoms with Gasteiger partial charge in [-0.2, -0.15) is 0 Å². The van der Waals surface area contributed by atoms with Crippen LogP contribution in [0.1, 0.15) is 42.9 Å². The molecule has 2 aromatic rings. The predicted octanol–water partition coefficient (Wildman–Crippen LogP) is 3.73. The Kier molecular flexibility index (Phi) is 8.92. The molecule has 2 aliphatic heterocycles. The van der Waals surface area contributed by atoms with Gasteiger partial charge in [-0.3, -0.25) is 14.7 Å². The molecule has 0 fully saturated rings. The molecule has 0 bridgehead atoms. The highest BCUT2D eigenvalue weighted by molar-refractivity contribution is 14.0. The second kappa shape index (κ2) is 11.7. The average Bonchev–Trinajstić information content (AvgIpc) is 2.80. The van der Waals surface area contributed by atoms with Crippen LogP contribution in [-0.4, -0.2) is 49.0 Å². The lowest BCUT2D eigenvalue weighted by Crippen LogP contribution is -2.43. The third kappa shape index (κ3) is 6.01. The van der Waals surface area contributed by atoms with Crippen LogP contribution in [0.25, 0.3) is 0 Å². The van der Waals surface area contributed by atoms with E-state index in [1.807, 2.05) is 18.2 Å². The highest BCUT2D eigenvalue weighted by Crippen LogP contribution is 2.31. The van der Waals surface area contributed by atoms with Gasteiger partial charge < -0.3 is 16.0 Å². The number of benzene rings is 2. The van der Waals surface area contributed by atoms with E-state index < -0.39 is 0 Å². The Morgan fingerprint density at radius 2 is 1.91 bits per heavy atom. The first-order chi connectivity index (χ1) is 15.1. The standard InChI is InChI=1S/C25H33N5O.HI/c1-3-26-25(28-16-21-14-24(31)29-23-11-7-6-10-22(21)23)27-15-18(2)30-13-12-19-8-4-5-9-20(19)17-30;/h4-11,18,21H,3,12-17H2,1-2H3,(H,29,31)(H2,26,27,28);1H. The van der Waals surface area contributed by atoms with Crippen LogP contribution in [0.3, 0.4) is 0 Å². The van der Waals surface area contributed by atoms with E-state index in [9.17, 15) is 4.79 Å². The Morgan fingerprint density at radius 1 is 1.16 bits per heavy atom. The Balaban J connectivity index is 0.00000289. The molecule has 0 saturated carbocycles. The van der Waals surface area contributed by atoms with Crippen LogP contribution < -0.4 is 16.0 Å². The molecule has 2 unspecified atom stereocenters. The Bertz CT molecular complexity index is 947.